The van der Waals surface area contributed by atoms with Crippen LogP contribution in [0.4, 0.5) is 0 Å². The van der Waals surface area contributed by atoms with Crippen LogP contribution in [0.25, 0.3) is 0 Å². The van der Waals surface area contributed by atoms with Gasteiger partial charge in [-0.05, 0) is 0 Å². The number of hydrogen-bond donors (Lipinski definition) is 2. The first-order valence-electron chi connectivity index (χ1n) is 1.50. The fourth-order valence-corrected chi connectivity index (χ4v) is 0. The Morgan fingerprint density at radius 3 is 0.385 bits per heavy atom. The smallest absolute Gasteiger partial charge is 0.790 e. The minimum atomic E-state index is -5.14. The summed E-state index contributed by atoms with van der Waals surface area (Å²) in [6.07, 6.45) is 0. The molecule has 0 bridgehead atoms. The zero-order valence-electron chi connectivity index (χ0n) is 14.2. The molecule has 0 fully saturated rings. The van der Waals surface area contributed by atoms with Gasteiger partial charge in [0.25, 0.3) is 0 Å². The van der Waals surface area contributed by atoms with E-state index in [1.165, 1.54) is 0 Å². The molecule has 0 amide bonds. The quantitative estimate of drug-likeness (QED) is 0.237. The Kier molecular flexibility index (Phi) is 612. The van der Waals surface area contributed by atoms with Crippen LogP contribution in [0.15, 0.2) is 0 Å². The topological polar surface area (TPSA) is 545 Å². The predicted molar refractivity (Wildman–Crippen MR) is 63.0 cm³/mol. The fraction of sp³-hybridized carbons (Fsp3) is 0. The second kappa shape index (κ2) is 89.3. The standard InChI is InChI=1S/4Na.2H3O4P.12H2O/c;;;;2*1-5(2,3)4;;;;;;;;;;;;/h;;;;2*(H3,1,2,3,4);12*1H2/q4*+1;;;;;;;;;;;;;;/p-4. The normalized spacial score (nSPS) is 4.54. The van der Waals surface area contributed by atoms with Gasteiger partial charge in [0, 0.05) is 0 Å². The number of rotatable bonds is 0. The Hall–Kier alpha value is 3.74. The van der Waals surface area contributed by atoms with E-state index in [0.29, 0.717) is 0 Å². The van der Waals surface area contributed by atoms with Crippen molar-refractivity contribution in [1.29, 1.82) is 0 Å². The van der Waals surface area contributed by atoms with Crippen LogP contribution in [-0.2, 0) is 9.13 Å². The van der Waals surface area contributed by atoms with Crippen molar-refractivity contribution in [2.45, 2.75) is 0 Å². The van der Waals surface area contributed by atoms with E-state index < -0.39 is 15.6 Å². The molecule has 160 valence electrons. The summed E-state index contributed by atoms with van der Waals surface area (Å²) in [6, 6.07) is 0. The fourth-order valence-electron chi connectivity index (χ4n) is 0. The van der Waals surface area contributed by atoms with Gasteiger partial charge in [-0.25, -0.2) is 0 Å². The van der Waals surface area contributed by atoms with Crippen molar-refractivity contribution in [1.82, 2.24) is 0 Å². The average Bonchev–Trinajstić information content (AvgIpc) is 1.12. The molecule has 0 aliphatic rings. The van der Waals surface area contributed by atoms with E-state index in [-0.39, 0.29) is 184 Å². The molecule has 0 aliphatic heterocycles. The van der Waals surface area contributed by atoms with Crippen molar-refractivity contribution in [2.24, 2.45) is 0 Å². The molecule has 0 aromatic rings. The third-order valence-corrected chi connectivity index (χ3v) is 0. The maximum Gasteiger partial charge on any atom is 1.00 e. The van der Waals surface area contributed by atoms with Gasteiger partial charge in [0.1, 0.15) is 0 Å². The zero-order chi connectivity index (χ0) is 9.00. The van der Waals surface area contributed by atoms with Crippen LogP contribution in [0.3, 0.4) is 0 Å². The maximum atomic E-state index is 8.66. The summed E-state index contributed by atoms with van der Waals surface area (Å²) in [6.45, 7) is 0. The van der Waals surface area contributed by atoms with E-state index >= 15 is 0 Å². The van der Waals surface area contributed by atoms with E-state index in [0.717, 1.165) is 0 Å². The summed E-state index contributed by atoms with van der Waals surface area (Å²) in [5, 5.41) is 0. The Balaban J connectivity index is -0.00000000190. The second-order valence-corrected chi connectivity index (χ2v) is 2.81. The summed E-state index contributed by atoms with van der Waals surface area (Å²) < 4.78 is 17.3. The molecule has 26 N–H and O–H groups in total. The van der Waals surface area contributed by atoms with E-state index in [2.05, 4.69) is 0 Å². The Bertz CT molecular complexity index is 138. The molecule has 0 aliphatic carbocycles. The van der Waals surface area contributed by atoms with Crippen molar-refractivity contribution in [3.63, 3.8) is 0 Å². The van der Waals surface area contributed by atoms with Gasteiger partial charge in [-0.15, -0.1) is 0 Å². The third-order valence-electron chi connectivity index (χ3n) is 0. The molecule has 0 spiro atoms. The summed E-state index contributed by atoms with van der Waals surface area (Å²) >= 11 is 0. The molecule has 0 aromatic carbocycles. The SMILES string of the molecule is O.O.O.O.O.O.O.O.O.O.O.O.O=P([O-])([O-])O.O=P([O-])([O-])O.[Na+].[Na+].[Na+].[Na+]. The van der Waals surface area contributed by atoms with Gasteiger partial charge >= 0.3 is 118 Å². The summed E-state index contributed by atoms with van der Waals surface area (Å²) in [4.78, 5) is 48.6. The number of phosphoric acid groups is 2. The number of hydrogen-bond acceptors (Lipinski definition) is 6. The van der Waals surface area contributed by atoms with Crippen LogP contribution in [0.1, 0.15) is 0 Å². The van der Waals surface area contributed by atoms with E-state index in [4.69, 9.17) is 38.5 Å². The van der Waals surface area contributed by atoms with Crippen molar-refractivity contribution >= 4 is 15.6 Å². The monoisotopic (exact) mass is 500 g/mol. The average molecular weight is 500 g/mol. The first-order valence-corrected chi connectivity index (χ1v) is 4.49. The molecule has 0 aromatic heterocycles. The molecule has 26 heavy (non-hydrogen) atoms. The van der Waals surface area contributed by atoms with Crippen molar-refractivity contribution < 1.29 is 222 Å². The van der Waals surface area contributed by atoms with Crippen LogP contribution < -0.4 is 138 Å². The van der Waals surface area contributed by atoms with Crippen molar-refractivity contribution in [3.8, 4) is 0 Å². The molecular formula is H26Na4O20P2. The van der Waals surface area contributed by atoms with Gasteiger partial charge < -0.3 is 104 Å². The maximum absolute atomic E-state index is 8.66. The first kappa shape index (κ1) is 178. The van der Waals surface area contributed by atoms with Gasteiger partial charge in [0.05, 0.1) is 15.6 Å². The molecule has 0 atom stereocenters. The minimum absolute atomic E-state index is 0. The Labute approximate surface area is 235 Å². The first-order chi connectivity index (χ1) is 4.00. The minimum Gasteiger partial charge on any atom is -0.790 e. The summed E-state index contributed by atoms with van der Waals surface area (Å²) in [7, 11) is -10.3. The van der Waals surface area contributed by atoms with Gasteiger partial charge in [-0.2, -0.15) is 0 Å². The molecule has 0 unspecified atom stereocenters. The molecule has 0 radical (unpaired) electrons. The van der Waals surface area contributed by atoms with E-state index in [9.17, 15) is 0 Å². The van der Waals surface area contributed by atoms with Crippen LogP contribution in [0.5, 0.6) is 0 Å². The van der Waals surface area contributed by atoms with Gasteiger partial charge in [-0.3, -0.25) is 0 Å². The largest absolute Gasteiger partial charge is 1.00 e. The molecule has 0 saturated carbocycles. The van der Waals surface area contributed by atoms with Gasteiger partial charge in [0.2, 0.25) is 0 Å². The van der Waals surface area contributed by atoms with Crippen LogP contribution >= 0.6 is 15.6 Å². The van der Waals surface area contributed by atoms with Crippen molar-refractivity contribution in [2.75, 3.05) is 0 Å². The van der Waals surface area contributed by atoms with Crippen molar-refractivity contribution in [3.05, 3.63) is 0 Å². The molecule has 0 rings (SSSR count). The molecule has 0 heterocycles. The van der Waals surface area contributed by atoms with E-state index in [1.807, 2.05) is 0 Å². The molecule has 0 saturated heterocycles. The Morgan fingerprint density at radius 2 is 0.385 bits per heavy atom. The van der Waals surface area contributed by atoms with Crippen LogP contribution in [-0.4, -0.2) is 75.5 Å². The van der Waals surface area contributed by atoms with Gasteiger partial charge in [-0.1, -0.05) is 0 Å². The van der Waals surface area contributed by atoms with Crippen LogP contribution in [0, 0.1) is 0 Å². The summed E-state index contributed by atoms with van der Waals surface area (Å²) in [5.74, 6) is 0. The molecule has 20 nitrogen and oxygen atoms in total. The predicted octanol–water partition coefficient (Wildman–Crippen LogP) is -26.3. The second-order valence-electron chi connectivity index (χ2n) is 0.937. The van der Waals surface area contributed by atoms with Gasteiger partial charge in [0.15, 0.2) is 0 Å². The van der Waals surface area contributed by atoms with Crippen LogP contribution in [0.2, 0.25) is 0 Å². The molecular weight excluding hydrogens is 474 g/mol. The Morgan fingerprint density at radius 1 is 0.385 bits per heavy atom. The zero-order valence-corrected chi connectivity index (χ0v) is 24.0. The molecule has 26 heteroatoms. The summed E-state index contributed by atoms with van der Waals surface area (Å²) in [5.41, 5.74) is 0. The third kappa shape index (κ3) is 1420. The van der Waals surface area contributed by atoms with E-state index in [1.54, 1.807) is 0 Å².